The van der Waals surface area contributed by atoms with Crippen LogP contribution >= 0.6 is 11.6 Å². The molecule has 0 spiro atoms. The first-order valence-corrected chi connectivity index (χ1v) is 10.2. The van der Waals surface area contributed by atoms with Gasteiger partial charge in [0.05, 0.1) is 24.0 Å². The van der Waals surface area contributed by atoms with E-state index in [0.717, 1.165) is 30.4 Å². The van der Waals surface area contributed by atoms with Crippen LogP contribution < -0.4 is 14.8 Å². The Morgan fingerprint density at radius 2 is 1.92 bits per heavy atom. The molecule has 0 saturated carbocycles. The Balaban J connectivity index is 1.90. The standard InChI is InChI=1S/C18H21ClN2O4S/c1-25-17-8-4-3-6-13(17)7-5-11-20-18(22)15-10-9-14(12-16(15)19)21-26(2,23)24/h3-4,6,8-10,12,21H,5,7,11H2,1-2H3,(H,20,22). The number of rotatable bonds is 8. The quantitative estimate of drug-likeness (QED) is 0.671. The Bertz CT molecular complexity index is 885. The molecular formula is C18H21ClN2O4S. The van der Waals surface area contributed by atoms with Crippen LogP contribution in [-0.2, 0) is 16.4 Å². The van der Waals surface area contributed by atoms with E-state index in [1.165, 1.54) is 18.2 Å². The maximum Gasteiger partial charge on any atom is 0.252 e. The molecule has 0 radical (unpaired) electrons. The molecule has 0 aliphatic heterocycles. The summed E-state index contributed by atoms with van der Waals surface area (Å²) in [4.78, 5) is 12.2. The molecule has 2 aromatic carbocycles. The van der Waals surface area contributed by atoms with Crippen LogP contribution in [0.4, 0.5) is 5.69 Å². The fourth-order valence-corrected chi connectivity index (χ4v) is 3.28. The highest BCUT2D eigenvalue weighted by atomic mass is 35.5. The number of methoxy groups -OCH3 is 1. The minimum atomic E-state index is -3.40. The Kier molecular flexibility index (Phi) is 6.88. The van der Waals surface area contributed by atoms with Gasteiger partial charge in [-0.2, -0.15) is 0 Å². The van der Waals surface area contributed by atoms with Crippen molar-refractivity contribution in [1.29, 1.82) is 0 Å². The molecule has 0 saturated heterocycles. The summed E-state index contributed by atoms with van der Waals surface area (Å²) < 4.78 is 30.1. The van der Waals surface area contributed by atoms with Crippen molar-refractivity contribution in [2.75, 3.05) is 24.6 Å². The zero-order valence-corrected chi connectivity index (χ0v) is 16.2. The summed E-state index contributed by atoms with van der Waals surface area (Å²) >= 11 is 6.09. The van der Waals surface area contributed by atoms with Gasteiger partial charge in [-0.3, -0.25) is 9.52 Å². The number of carbonyl (C=O) groups excluding carboxylic acids is 1. The lowest BCUT2D eigenvalue weighted by molar-refractivity contribution is 0.0953. The SMILES string of the molecule is COc1ccccc1CCCNC(=O)c1ccc(NS(C)(=O)=O)cc1Cl. The summed E-state index contributed by atoms with van der Waals surface area (Å²) in [5.74, 6) is 0.525. The van der Waals surface area contributed by atoms with Crippen LogP contribution in [0.15, 0.2) is 42.5 Å². The number of para-hydroxylation sites is 1. The number of ether oxygens (including phenoxy) is 1. The van der Waals surface area contributed by atoms with Gasteiger partial charge < -0.3 is 10.1 Å². The summed E-state index contributed by atoms with van der Waals surface area (Å²) in [6.07, 6.45) is 2.57. The van der Waals surface area contributed by atoms with Crippen molar-refractivity contribution in [3.8, 4) is 5.75 Å². The lowest BCUT2D eigenvalue weighted by Gasteiger charge is -2.10. The minimum Gasteiger partial charge on any atom is -0.496 e. The van der Waals surface area contributed by atoms with Gasteiger partial charge in [-0.25, -0.2) is 8.42 Å². The number of hydrogen-bond donors (Lipinski definition) is 2. The minimum absolute atomic E-state index is 0.181. The predicted octanol–water partition coefficient (Wildman–Crippen LogP) is 3.08. The second kappa shape index (κ2) is 8.91. The van der Waals surface area contributed by atoms with E-state index in [4.69, 9.17) is 16.3 Å². The van der Waals surface area contributed by atoms with Crippen molar-refractivity contribution in [1.82, 2.24) is 5.32 Å². The number of amides is 1. The van der Waals surface area contributed by atoms with Crippen LogP contribution in [-0.4, -0.2) is 34.2 Å². The van der Waals surface area contributed by atoms with E-state index in [0.29, 0.717) is 17.8 Å². The van der Waals surface area contributed by atoms with Crippen LogP contribution in [0.25, 0.3) is 0 Å². The summed E-state index contributed by atoms with van der Waals surface area (Å²) in [6, 6.07) is 12.1. The number of benzene rings is 2. The molecule has 2 N–H and O–H groups in total. The van der Waals surface area contributed by atoms with Crippen LogP contribution in [0.1, 0.15) is 22.3 Å². The molecule has 26 heavy (non-hydrogen) atoms. The first kappa shape index (κ1) is 20.1. The van der Waals surface area contributed by atoms with E-state index in [2.05, 4.69) is 10.0 Å². The third-order valence-electron chi connectivity index (χ3n) is 3.62. The summed E-state index contributed by atoms with van der Waals surface area (Å²) in [6.45, 7) is 0.483. The lowest BCUT2D eigenvalue weighted by Crippen LogP contribution is -2.25. The van der Waals surface area contributed by atoms with Crippen LogP contribution in [0, 0.1) is 0 Å². The van der Waals surface area contributed by atoms with Gasteiger partial charge in [-0.15, -0.1) is 0 Å². The molecule has 6 nitrogen and oxygen atoms in total. The normalized spacial score (nSPS) is 11.0. The van der Waals surface area contributed by atoms with E-state index < -0.39 is 10.0 Å². The number of carbonyl (C=O) groups is 1. The summed E-state index contributed by atoms with van der Waals surface area (Å²) in [5, 5.41) is 2.99. The van der Waals surface area contributed by atoms with Crippen molar-refractivity contribution in [3.63, 3.8) is 0 Å². The number of nitrogens with one attached hydrogen (secondary N) is 2. The predicted molar refractivity (Wildman–Crippen MR) is 104 cm³/mol. The van der Waals surface area contributed by atoms with Gasteiger partial charge in [0.25, 0.3) is 5.91 Å². The molecule has 140 valence electrons. The highest BCUT2D eigenvalue weighted by Crippen LogP contribution is 2.22. The second-order valence-corrected chi connectivity index (χ2v) is 7.90. The monoisotopic (exact) mass is 396 g/mol. The maximum absolute atomic E-state index is 12.2. The van der Waals surface area contributed by atoms with Crippen molar-refractivity contribution in [2.24, 2.45) is 0 Å². The molecule has 2 rings (SSSR count). The van der Waals surface area contributed by atoms with E-state index in [1.54, 1.807) is 7.11 Å². The Labute approximate surface area is 158 Å². The molecular weight excluding hydrogens is 376 g/mol. The largest absolute Gasteiger partial charge is 0.496 e. The number of sulfonamides is 1. The van der Waals surface area contributed by atoms with Gasteiger partial charge in [0.2, 0.25) is 10.0 Å². The molecule has 0 aromatic heterocycles. The fraction of sp³-hybridized carbons (Fsp3) is 0.278. The van der Waals surface area contributed by atoms with Gasteiger partial charge >= 0.3 is 0 Å². The average Bonchev–Trinajstić information content (AvgIpc) is 2.57. The third-order valence-corrected chi connectivity index (χ3v) is 4.54. The van der Waals surface area contributed by atoms with Crippen LogP contribution in [0.2, 0.25) is 5.02 Å². The highest BCUT2D eigenvalue weighted by Gasteiger charge is 2.12. The number of aryl methyl sites for hydroxylation is 1. The summed E-state index contributed by atoms with van der Waals surface area (Å²) in [5.41, 5.74) is 1.69. The van der Waals surface area contributed by atoms with Crippen LogP contribution in [0.3, 0.4) is 0 Å². The van der Waals surface area contributed by atoms with Crippen molar-refractivity contribution >= 4 is 33.2 Å². The van der Waals surface area contributed by atoms with Crippen molar-refractivity contribution in [2.45, 2.75) is 12.8 Å². The molecule has 8 heteroatoms. The van der Waals surface area contributed by atoms with Crippen molar-refractivity contribution < 1.29 is 17.9 Å². The Hall–Kier alpha value is -2.25. The Morgan fingerprint density at radius 3 is 2.58 bits per heavy atom. The zero-order valence-electron chi connectivity index (χ0n) is 14.6. The number of halogens is 1. The number of hydrogen-bond acceptors (Lipinski definition) is 4. The molecule has 1 amide bonds. The van der Waals surface area contributed by atoms with E-state index >= 15 is 0 Å². The lowest BCUT2D eigenvalue weighted by atomic mass is 10.1. The first-order chi connectivity index (χ1) is 12.3. The van der Waals surface area contributed by atoms with E-state index in [1.807, 2.05) is 24.3 Å². The smallest absolute Gasteiger partial charge is 0.252 e. The van der Waals surface area contributed by atoms with E-state index in [9.17, 15) is 13.2 Å². The molecule has 0 bridgehead atoms. The van der Waals surface area contributed by atoms with Gasteiger partial charge in [-0.05, 0) is 42.7 Å². The van der Waals surface area contributed by atoms with Crippen LogP contribution in [0.5, 0.6) is 5.75 Å². The van der Waals surface area contributed by atoms with Gasteiger partial charge in [-0.1, -0.05) is 29.8 Å². The van der Waals surface area contributed by atoms with Gasteiger partial charge in [0.15, 0.2) is 0 Å². The molecule has 0 unspecified atom stereocenters. The van der Waals surface area contributed by atoms with Crippen molar-refractivity contribution in [3.05, 3.63) is 58.6 Å². The molecule has 0 aliphatic rings. The van der Waals surface area contributed by atoms with Gasteiger partial charge in [0, 0.05) is 12.2 Å². The molecule has 0 aliphatic carbocycles. The topological polar surface area (TPSA) is 84.5 Å². The Morgan fingerprint density at radius 1 is 1.19 bits per heavy atom. The molecule has 0 atom stereocenters. The van der Waals surface area contributed by atoms with Gasteiger partial charge in [0.1, 0.15) is 5.75 Å². The number of anilines is 1. The van der Waals surface area contributed by atoms with E-state index in [-0.39, 0.29) is 10.9 Å². The highest BCUT2D eigenvalue weighted by molar-refractivity contribution is 7.92. The first-order valence-electron chi connectivity index (χ1n) is 7.97. The molecule has 0 heterocycles. The fourth-order valence-electron chi connectivity index (χ4n) is 2.46. The molecule has 2 aromatic rings. The maximum atomic E-state index is 12.2. The third kappa shape index (κ3) is 5.93. The zero-order chi connectivity index (χ0) is 19.2. The average molecular weight is 397 g/mol. The summed E-state index contributed by atoms with van der Waals surface area (Å²) in [7, 11) is -1.77. The molecule has 0 fully saturated rings. The second-order valence-electron chi connectivity index (χ2n) is 5.74.